The highest BCUT2D eigenvalue weighted by Crippen LogP contribution is 2.52. The maximum Gasteiger partial charge on any atom is 0.0226 e. The Balaban J connectivity index is 1.68. The molecule has 4 nitrogen and oxygen atoms in total. The summed E-state index contributed by atoms with van der Waals surface area (Å²) < 4.78 is 0. The van der Waals surface area contributed by atoms with Gasteiger partial charge in [0.25, 0.3) is 0 Å². The molecule has 0 spiro atoms. The quantitative estimate of drug-likeness (QED) is 0.719. The van der Waals surface area contributed by atoms with E-state index in [-0.39, 0.29) is 0 Å². The summed E-state index contributed by atoms with van der Waals surface area (Å²) >= 11 is 0. The number of nitrogens with zero attached hydrogens (tertiary/aromatic N) is 4. The summed E-state index contributed by atoms with van der Waals surface area (Å²) in [6.45, 7) is 29.2. The van der Waals surface area contributed by atoms with Crippen LogP contribution in [0.3, 0.4) is 0 Å². The van der Waals surface area contributed by atoms with E-state index in [1.54, 1.807) is 0 Å². The van der Waals surface area contributed by atoms with E-state index in [1.165, 1.54) is 39.0 Å². The minimum absolute atomic E-state index is 0.356. The Labute approximate surface area is 175 Å². The molecular weight excluding hydrogens is 344 g/mol. The van der Waals surface area contributed by atoms with Gasteiger partial charge in [0.15, 0.2) is 0 Å². The molecule has 164 valence electrons. The number of rotatable bonds is 4. The summed E-state index contributed by atoms with van der Waals surface area (Å²) in [5.41, 5.74) is 0.717. The fourth-order valence-electron chi connectivity index (χ4n) is 7.48. The molecule has 0 aromatic rings. The molecule has 3 aliphatic rings. The van der Waals surface area contributed by atoms with Gasteiger partial charge in [-0.2, -0.15) is 0 Å². The van der Waals surface area contributed by atoms with E-state index in [0.29, 0.717) is 47.3 Å². The Morgan fingerprint density at radius 3 is 1.71 bits per heavy atom. The van der Waals surface area contributed by atoms with Crippen molar-refractivity contribution in [1.82, 2.24) is 19.6 Å². The molecule has 1 saturated carbocycles. The van der Waals surface area contributed by atoms with Crippen molar-refractivity contribution in [2.24, 2.45) is 0 Å². The lowest BCUT2D eigenvalue weighted by molar-refractivity contribution is -0.165. The van der Waals surface area contributed by atoms with Crippen LogP contribution in [0.15, 0.2) is 0 Å². The van der Waals surface area contributed by atoms with Crippen molar-refractivity contribution in [1.29, 1.82) is 0 Å². The number of hydrogen-bond acceptors (Lipinski definition) is 4. The molecule has 0 N–H and O–H groups in total. The van der Waals surface area contributed by atoms with Gasteiger partial charge in [-0.3, -0.25) is 19.6 Å². The standard InChI is InChI=1S/C24H48N4/c1-17(2)25-13-19(5)28(20(6)14-25)24(10)15-23(9,16-24)27-12-11-26(18(3)4)21(7)22(27)8/h17-22H,11-16H2,1-10H3/t19-,20-,21+,22-,23?,24?/m0/s1. The monoisotopic (exact) mass is 392 g/mol. The highest BCUT2D eigenvalue weighted by Gasteiger charge is 2.58. The topological polar surface area (TPSA) is 13.0 Å². The first kappa shape index (κ1) is 22.5. The van der Waals surface area contributed by atoms with Gasteiger partial charge in [0.2, 0.25) is 0 Å². The third-order valence-corrected chi connectivity index (χ3v) is 8.49. The van der Waals surface area contributed by atoms with Crippen molar-refractivity contribution < 1.29 is 0 Å². The molecule has 3 fully saturated rings. The van der Waals surface area contributed by atoms with Gasteiger partial charge >= 0.3 is 0 Å². The zero-order valence-corrected chi connectivity index (χ0v) is 20.5. The van der Waals surface area contributed by atoms with Crippen molar-refractivity contribution in [2.75, 3.05) is 26.2 Å². The summed E-state index contributed by atoms with van der Waals surface area (Å²) in [6.07, 6.45) is 2.63. The van der Waals surface area contributed by atoms with Gasteiger partial charge in [0.05, 0.1) is 0 Å². The van der Waals surface area contributed by atoms with Crippen LogP contribution < -0.4 is 0 Å². The predicted molar refractivity (Wildman–Crippen MR) is 121 cm³/mol. The van der Waals surface area contributed by atoms with Crippen LogP contribution in [0.25, 0.3) is 0 Å². The summed E-state index contributed by atoms with van der Waals surface area (Å²) in [7, 11) is 0. The molecule has 28 heavy (non-hydrogen) atoms. The second-order valence-electron chi connectivity index (χ2n) is 11.5. The van der Waals surface area contributed by atoms with Gasteiger partial charge < -0.3 is 0 Å². The van der Waals surface area contributed by atoms with E-state index in [1.807, 2.05) is 0 Å². The largest absolute Gasteiger partial charge is 0.298 e. The van der Waals surface area contributed by atoms with Gasteiger partial charge in [-0.15, -0.1) is 0 Å². The van der Waals surface area contributed by atoms with E-state index >= 15 is 0 Å². The van der Waals surface area contributed by atoms with Crippen molar-refractivity contribution in [3.8, 4) is 0 Å². The zero-order valence-electron chi connectivity index (χ0n) is 20.5. The first-order valence-electron chi connectivity index (χ1n) is 11.9. The van der Waals surface area contributed by atoms with Crippen molar-refractivity contribution in [2.45, 2.75) is 129 Å². The third kappa shape index (κ3) is 3.79. The molecule has 0 amide bonds. The Kier molecular flexibility index (Phi) is 6.30. The molecule has 0 radical (unpaired) electrons. The van der Waals surface area contributed by atoms with E-state index < -0.39 is 0 Å². The summed E-state index contributed by atoms with van der Waals surface area (Å²) in [5.74, 6) is 0. The molecule has 2 aliphatic heterocycles. The van der Waals surface area contributed by atoms with E-state index in [2.05, 4.69) is 88.8 Å². The molecule has 4 heteroatoms. The second kappa shape index (κ2) is 7.83. The SMILES string of the molecule is CC(C)N1C[C@H](C)N(C2(C)CC(C)(N3CCN(C(C)C)[C@H](C)[C@@H]3C)C2)[C@@H](C)C1. The average molecular weight is 393 g/mol. The Morgan fingerprint density at radius 2 is 1.25 bits per heavy atom. The van der Waals surface area contributed by atoms with Crippen LogP contribution in [0.4, 0.5) is 0 Å². The van der Waals surface area contributed by atoms with Gasteiger partial charge in [-0.1, -0.05) is 0 Å². The maximum absolute atomic E-state index is 2.88. The minimum atomic E-state index is 0.356. The van der Waals surface area contributed by atoms with E-state index in [4.69, 9.17) is 0 Å². The molecule has 2 saturated heterocycles. The van der Waals surface area contributed by atoms with Crippen LogP contribution in [0.1, 0.15) is 82.1 Å². The van der Waals surface area contributed by atoms with Crippen molar-refractivity contribution in [3.63, 3.8) is 0 Å². The Morgan fingerprint density at radius 1 is 0.714 bits per heavy atom. The second-order valence-corrected chi connectivity index (χ2v) is 11.5. The van der Waals surface area contributed by atoms with Crippen LogP contribution in [0.2, 0.25) is 0 Å². The third-order valence-electron chi connectivity index (χ3n) is 8.49. The molecule has 0 aromatic carbocycles. The molecule has 4 atom stereocenters. The van der Waals surface area contributed by atoms with Gasteiger partial charge in [0, 0.05) is 73.5 Å². The molecule has 2 heterocycles. The highest BCUT2D eigenvalue weighted by atomic mass is 15.4. The fourth-order valence-corrected chi connectivity index (χ4v) is 7.48. The lowest BCUT2D eigenvalue weighted by Gasteiger charge is -2.67. The number of hydrogen-bond donors (Lipinski definition) is 0. The summed E-state index contributed by atoms with van der Waals surface area (Å²) in [4.78, 5) is 11.1. The molecule has 0 aromatic heterocycles. The number of piperazine rings is 2. The van der Waals surface area contributed by atoms with Crippen LogP contribution in [-0.4, -0.2) is 93.1 Å². The van der Waals surface area contributed by atoms with Crippen LogP contribution in [0, 0.1) is 0 Å². The van der Waals surface area contributed by atoms with Crippen LogP contribution in [0.5, 0.6) is 0 Å². The smallest absolute Gasteiger partial charge is 0.0226 e. The molecular formula is C24H48N4. The average Bonchev–Trinajstić information content (AvgIpc) is 2.54. The Hall–Kier alpha value is -0.160. The lowest BCUT2D eigenvalue weighted by atomic mass is 9.61. The van der Waals surface area contributed by atoms with E-state index in [0.717, 1.165) is 0 Å². The lowest BCUT2D eigenvalue weighted by Crippen LogP contribution is -2.76. The molecule has 0 bridgehead atoms. The van der Waals surface area contributed by atoms with Crippen LogP contribution >= 0.6 is 0 Å². The van der Waals surface area contributed by atoms with Gasteiger partial charge in [-0.05, 0) is 82.1 Å². The molecule has 1 aliphatic carbocycles. The first-order valence-corrected chi connectivity index (χ1v) is 11.9. The highest BCUT2D eigenvalue weighted by molar-refractivity contribution is 5.16. The summed E-state index contributed by atoms with van der Waals surface area (Å²) in [5, 5.41) is 0. The molecule has 0 unspecified atom stereocenters. The van der Waals surface area contributed by atoms with Crippen molar-refractivity contribution >= 4 is 0 Å². The molecule has 3 rings (SSSR count). The summed E-state index contributed by atoms with van der Waals surface area (Å²) in [6, 6.07) is 3.89. The minimum Gasteiger partial charge on any atom is -0.298 e. The normalized spacial score (nSPS) is 45.0. The van der Waals surface area contributed by atoms with Crippen LogP contribution in [-0.2, 0) is 0 Å². The Bertz CT molecular complexity index is 527. The van der Waals surface area contributed by atoms with Crippen molar-refractivity contribution in [3.05, 3.63) is 0 Å². The fraction of sp³-hybridized carbons (Fsp3) is 1.00. The predicted octanol–water partition coefficient (Wildman–Crippen LogP) is 3.90. The van der Waals surface area contributed by atoms with Gasteiger partial charge in [-0.25, -0.2) is 0 Å². The maximum atomic E-state index is 2.88. The van der Waals surface area contributed by atoms with Gasteiger partial charge in [0.1, 0.15) is 0 Å². The first-order chi connectivity index (χ1) is 12.9. The van der Waals surface area contributed by atoms with E-state index in [9.17, 15) is 0 Å². The zero-order chi connectivity index (χ0) is 21.0.